The summed E-state index contributed by atoms with van der Waals surface area (Å²) < 4.78 is 0. The van der Waals surface area contributed by atoms with Crippen LogP contribution >= 0.6 is 23.2 Å². The molecule has 26 heavy (non-hydrogen) atoms. The Morgan fingerprint density at radius 2 is 1.62 bits per heavy atom. The third kappa shape index (κ3) is 5.84. The second kappa shape index (κ2) is 10.1. The van der Waals surface area contributed by atoms with Gasteiger partial charge in [0.05, 0.1) is 28.8 Å². The average Bonchev–Trinajstić information content (AvgIpc) is 2.62. The van der Waals surface area contributed by atoms with Crippen LogP contribution in [0.1, 0.15) is 13.8 Å². The molecule has 1 N–H and O–H groups in total. The van der Waals surface area contributed by atoms with E-state index in [0.29, 0.717) is 28.8 Å². The Balaban J connectivity index is 1.77. The Kier molecular flexibility index (Phi) is 8.15. The zero-order chi connectivity index (χ0) is 19.1. The summed E-state index contributed by atoms with van der Waals surface area (Å²) in [6.07, 6.45) is 0. The van der Waals surface area contributed by atoms with Crippen LogP contribution in [0.25, 0.3) is 0 Å². The molecule has 1 aliphatic heterocycles. The van der Waals surface area contributed by atoms with Crippen LogP contribution in [0.4, 0.5) is 5.69 Å². The van der Waals surface area contributed by atoms with E-state index in [1.165, 1.54) is 0 Å². The lowest BCUT2D eigenvalue weighted by molar-refractivity contribution is -0.132. The van der Waals surface area contributed by atoms with Crippen LogP contribution in [0, 0.1) is 0 Å². The zero-order valence-electron chi connectivity index (χ0n) is 15.3. The van der Waals surface area contributed by atoms with Crippen molar-refractivity contribution in [2.45, 2.75) is 13.8 Å². The zero-order valence-corrected chi connectivity index (χ0v) is 16.8. The number of carbonyl (C=O) groups is 2. The highest BCUT2D eigenvalue weighted by atomic mass is 35.5. The minimum Gasteiger partial charge on any atom is -0.342 e. The first kappa shape index (κ1) is 21.0. The Bertz CT molecular complexity index is 630. The first-order chi connectivity index (χ1) is 12.4. The number of rotatable bonds is 7. The van der Waals surface area contributed by atoms with E-state index in [2.05, 4.69) is 15.1 Å². The van der Waals surface area contributed by atoms with Crippen molar-refractivity contribution in [2.24, 2.45) is 0 Å². The summed E-state index contributed by atoms with van der Waals surface area (Å²) >= 11 is 12.1. The molecule has 0 bridgehead atoms. The standard InChI is InChI=1S/C18H26Cl2N4O2/c1-3-24(4-2)17(26)13-23-10-8-22(9-11-23)12-16(25)21-15-7-5-6-14(19)18(15)20/h5-7H,3-4,8-13H2,1-2H3,(H,21,25). The van der Waals surface area contributed by atoms with Gasteiger partial charge in [-0.15, -0.1) is 0 Å². The number of benzene rings is 1. The third-order valence-corrected chi connectivity index (χ3v) is 5.35. The number of halogens is 2. The molecule has 1 aromatic carbocycles. The highest BCUT2D eigenvalue weighted by Crippen LogP contribution is 2.29. The molecule has 0 saturated carbocycles. The predicted molar refractivity (Wildman–Crippen MR) is 106 cm³/mol. The van der Waals surface area contributed by atoms with Crippen LogP contribution in [-0.2, 0) is 9.59 Å². The van der Waals surface area contributed by atoms with Crippen molar-refractivity contribution in [3.05, 3.63) is 28.2 Å². The molecule has 2 amide bonds. The lowest BCUT2D eigenvalue weighted by Gasteiger charge is -2.34. The van der Waals surface area contributed by atoms with Gasteiger partial charge in [0.25, 0.3) is 0 Å². The molecule has 0 radical (unpaired) electrons. The third-order valence-electron chi connectivity index (χ3n) is 4.53. The van der Waals surface area contributed by atoms with Gasteiger partial charge in [0.15, 0.2) is 0 Å². The molecule has 0 atom stereocenters. The van der Waals surface area contributed by atoms with Crippen molar-refractivity contribution >= 4 is 40.7 Å². The molecular weight excluding hydrogens is 375 g/mol. The molecule has 0 spiro atoms. The van der Waals surface area contributed by atoms with Crippen molar-refractivity contribution in [1.29, 1.82) is 0 Å². The number of carbonyl (C=O) groups excluding carboxylic acids is 2. The fourth-order valence-corrected chi connectivity index (χ4v) is 3.31. The van der Waals surface area contributed by atoms with Crippen molar-refractivity contribution in [3.8, 4) is 0 Å². The summed E-state index contributed by atoms with van der Waals surface area (Å²) in [7, 11) is 0. The fourth-order valence-electron chi connectivity index (χ4n) is 2.97. The summed E-state index contributed by atoms with van der Waals surface area (Å²) in [5, 5.41) is 3.56. The smallest absolute Gasteiger partial charge is 0.238 e. The van der Waals surface area contributed by atoms with Crippen molar-refractivity contribution < 1.29 is 9.59 Å². The van der Waals surface area contributed by atoms with Gasteiger partial charge >= 0.3 is 0 Å². The van der Waals surface area contributed by atoms with E-state index >= 15 is 0 Å². The summed E-state index contributed by atoms with van der Waals surface area (Å²) in [6, 6.07) is 5.15. The lowest BCUT2D eigenvalue weighted by atomic mass is 10.3. The molecule has 0 aliphatic carbocycles. The Morgan fingerprint density at radius 1 is 1.04 bits per heavy atom. The van der Waals surface area contributed by atoms with Crippen LogP contribution in [0.15, 0.2) is 18.2 Å². The SMILES string of the molecule is CCN(CC)C(=O)CN1CCN(CC(=O)Nc2cccc(Cl)c2Cl)CC1. The molecular formula is C18H26Cl2N4O2. The van der Waals surface area contributed by atoms with Gasteiger partial charge in [-0.1, -0.05) is 29.3 Å². The maximum Gasteiger partial charge on any atom is 0.238 e. The highest BCUT2D eigenvalue weighted by molar-refractivity contribution is 6.44. The topological polar surface area (TPSA) is 55.9 Å². The number of amides is 2. The minimum atomic E-state index is -0.123. The van der Waals surface area contributed by atoms with Gasteiger partial charge in [0.1, 0.15) is 0 Å². The Morgan fingerprint density at radius 3 is 2.19 bits per heavy atom. The molecule has 6 nitrogen and oxygen atoms in total. The molecule has 2 rings (SSSR count). The van der Waals surface area contributed by atoms with E-state index < -0.39 is 0 Å². The maximum atomic E-state index is 12.2. The van der Waals surface area contributed by atoms with E-state index in [4.69, 9.17) is 23.2 Å². The van der Waals surface area contributed by atoms with Crippen molar-refractivity contribution in [3.63, 3.8) is 0 Å². The first-order valence-corrected chi connectivity index (χ1v) is 9.66. The maximum absolute atomic E-state index is 12.2. The highest BCUT2D eigenvalue weighted by Gasteiger charge is 2.22. The van der Waals surface area contributed by atoms with Gasteiger partial charge < -0.3 is 10.2 Å². The fraction of sp³-hybridized carbons (Fsp3) is 0.556. The molecule has 1 saturated heterocycles. The van der Waals surface area contributed by atoms with E-state index in [-0.39, 0.29) is 11.8 Å². The molecule has 0 aromatic heterocycles. The first-order valence-electron chi connectivity index (χ1n) is 8.90. The number of piperazine rings is 1. The van der Waals surface area contributed by atoms with E-state index in [0.717, 1.165) is 39.3 Å². The molecule has 144 valence electrons. The quantitative estimate of drug-likeness (QED) is 0.763. The van der Waals surface area contributed by atoms with Gasteiger partial charge in [-0.3, -0.25) is 19.4 Å². The Hall–Kier alpha value is -1.34. The van der Waals surface area contributed by atoms with Crippen LogP contribution < -0.4 is 5.32 Å². The van der Waals surface area contributed by atoms with Crippen LogP contribution in [0.5, 0.6) is 0 Å². The van der Waals surface area contributed by atoms with Crippen molar-refractivity contribution in [1.82, 2.24) is 14.7 Å². The summed E-state index contributed by atoms with van der Waals surface area (Å²) in [6.45, 7) is 9.25. The average molecular weight is 401 g/mol. The number of likely N-dealkylation sites (N-methyl/N-ethyl adjacent to an activating group) is 1. The number of nitrogens with zero attached hydrogens (tertiary/aromatic N) is 3. The monoisotopic (exact) mass is 400 g/mol. The van der Waals surface area contributed by atoms with Gasteiger partial charge in [0.2, 0.25) is 11.8 Å². The normalized spacial score (nSPS) is 15.7. The number of hydrogen-bond donors (Lipinski definition) is 1. The molecule has 8 heteroatoms. The number of nitrogens with one attached hydrogen (secondary N) is 1. The Labute approximate surface area is 165 Å². The second-order valence-electron chi connectivity index (χ2n) is 6.27. The molecule has 1 heterocycles. The molecule has 1 aliphatic rings. The second-order valence-corrected chi connectivity index (χ2v) is 7.05. The molecule has 1 fully saturated rings. The minimum absolute atomic E-state index is 0.123. The van der Waals surface area contributed by atoms with Crippen LogP contribution in [0.2, 0.25) is 10.0 Å². The van der Waals surface area contributed by atoms with Gasteiger partial charge in [-0.2, -0.15) is 0 Å². The predicted octanol–water partition coefficient (Wildman–Crippen LogP) is 2.42. The van der Waals surface area contributed by atoms with Crippen LogP contribution in [-0.4, -0.2) is 78.9 Å². The van der Waals surface area contributed by atoms with E-state index in [1.54, 1.807) is 18.2 Å². The van der Waals surface area contributed by atoms with Crippen molar-refractivity contribution in [2.75, 3.05) is 57.7 Å². The summed E-state index contributed by atoms with van der Waals surface area (Å²) in [5.74, 6) is 0.0404. The lowest BCUT2D eigenvalue weighted by Crippen LogP contribution is -2.51. The molecule has 0 unspecified atom stereocenters. The van der Waals surface area contributed by atoms with Gasteiger partial charge in [-0.05, 0) is 26.0 Å². The van der Waals surface area contributed by atoms with E-state index in [9.17, 15) is 9.59 Å². The van der Waals surface area contributed by atoms with Gasteiger partial charge in [0, 0.05) is 39.3 Å². The number of hydrogen-bond acceptors (Lipinski definition) is 4. The summed E-state index contributed by atoms with van der Waals surface area (Å²) in [4.78, 5) is 30.5. The molecule has 1 aromatic rings. The van der Waals surface area contributed by atoms with Gasteiger partial charge in [-0.25, -0.2) is 0 Å². The number of anilines is 1. The largest absolute Gasteiger partial charge is 0.342 e. The van der Waals surface area contributed by atoms with Crippen LogP contribution in [0.3, 0.4) is 0 Å². The van der Waals surface area contributed by atoms with E-state index in [1.807, 2.05) is 18.7 Å². The summed E-state index contributed by atoms with van der Waals surface area (Å²) in [5.41, 5.74) is 0.521.